The molecule has 1 saturated heterocycles. The number of unbranched alkanes of at least 4 members (excludes halogenated alkanes) is 10. The van der Waals surface area contributed by atoms with Crippen LogP contribution >= 0.6 is 0 Å². The van der Waals surface area contributed by atoms with Crippen LogP contribution in [0, 0.1) is 16.0 Å². The number of benzene rings is 2. The monoisotopic (exact) mass is 612 g/mol. The van der Waals surface area contributed by atoms with Crippen LogP contribution in [0.1, 0.15) is 133 Å². The Morgan fingerprint density at radius 2 is 1.52 bits per heavy atom. The van der Waals surface area contributed by atoms with Crippen LogP contribution in [0.25, 0.3) is 0 Å². The van der Waals surface area contributed by atoms with Crippen LogP contribution in [0.4, 0.5) is 11.4 Å². The van der Waals surface area contributed by atoms with Gasteiger partial charge in [-0.05, 0) is 38.3 Å². The summed E-state index contributed by atoms with van der Waals surface area (Å²) >= 11 is 0. The predicted molar refractivity (Wildman–Crippen MR) is 173 cm³/mol. The number of carbonyl (C=O) groups is 1. The summed E-state index contributed by atoms with van der Waals surface area (Å²) in [5.74, 6) is -0.0486. The van der Waals surface area contributed by atoms with Gasteiger partial charge in [0.2, 0.25) is 0 Å². The molecule has 1 heterocycles. The third-order valence-electron chi connectivity index (χ3n) is 8.14. The van der Waals surface area contributed by atoms with Crippen molar-refractivity contribution in [3.8, 4) is 11.5 Å². The first-order valence-electron chi connectivity index (χ1n) is 16.6. The van der Waals surface area contributed by atoms with Crippen molar-refractivity contribution in [3.63, 3.8) is 0 Å². The number of esters is 1. The molecule has 0 saturated carbocycles. The van der Waals surface area contributed by atoms with Gasteiger partial charge in [0.15, 0.2) is 12.0 Å². The van der Waals surface area contributed by atoms with E-state index in [1.54, 1.807) is 24.3 Å². The van der Waals surface area contributed by atoms with E-state index in [1.165, 1.54) is 57.4 Å². The average Bonchev–Trinajstić information content (AvgIpc) is 3.01. The quantitative estimate of drug-likeness (QED) is 0.0392. The second-order valence-electron chi connectivity index (χ2n) is 12.0. The van der Waals surface area contributed by atoms with Gasteiger partial charge in [0.25, 0.3) is 0 Å². The number of carbonyl (C=O) groups excluding carboxylic acids is 1. The minimum Gasteiger partial charge on any atom is -0.484 e. The topological polar surface area (TPSA) is 123 Å². The number of nitro groups is 1. The van der Waals surface area contributed by atoms with Gasteiger partial charge in [0.1, 0.15) is 5.75 Å². The van der Waals surface area contributed by atoms with Crippen molar-refractivity contribution < 1.29 is 28.7 Å². The Morgan fingerprint density at radius 3 is 2.14 bits per heavy atom. The van der Waals surface area contributed by atoms with Crippen molar-refractivity contribution in [1.82, 2.24) is 0 Å². The van der Waals surface area contributed by atoms with Crippen molar-refractivity contribution in [1.29, 1.82) is 0 Å². The minimum atomic E-state index is -0.786. The van der Waals surface area contributed by atoms with Crippen molar-refractivity contribution in [2.45, 2.75) is 123 Å². The number of ether oxygens (including phenoxy) is 4. The largest absolute Gasteiger partial charge is 0.484 e. The predicted octanol–water partition coefficient (Wildman–Crippen LogP) is 9.33. The Hall–Kier alpha value is -3.17. The summed E-state index contributed by atoms with van der Waals surface area (Å²) < 4.78 is 23.3. The summed E-state index contributed by atoms with van der Waals surface area (Å²) in [6.07, 6.45) is 16.0. The van der Waals surface area contributed by atoms with E-state index in [4.69, 9.17) is 24.7 Å². The number of nitro benzene ring substituents is 1. The molecule has 0 amide bonds. The fourth-order valence-corrected chi connectivity index (χ4v) is 5.46. The van der Waals surface area contributed by atoms with Gasteiger partial charge in [-0.15, -0.1) is 0 Å². The molecule has 44 heavy (non-hydrogen) atoms. The Morgan fingerprint density at radius 1 is 0.932 bits per heavy atom. The fourth-order valence-electron chi connectivity index (χ4n) is 5.46. The number of rotatable bonds is 20. The minimum absolute atomic E-state index is 0.0453. The molecule has 9 nitrogen and oxygen atoms in total. The Balaban J connectivity index is 1.48. The molecule has 0 bridgehead atoms. The van der Waals surface area contributed by atoms with Crippen molar-refractivity contribution in [3.05, 3.63) is 57.6 Å². The van der Waals surface area contributed by atoms with Gasteiger partial charge in [0.05, 0.1) is 35.5 Å². The van der Waals surface area contributed by atoms with E-state index in [2.05, 4.69) is 13.8 Å². The van der Waals surface area contributed by atoms with E-state index in [0.29, 0.717) is 19.1 Å². The van der Waals surface area contributed by atoms with E-state index in [-0.39, 0.29) is 34.5 Å². The molecule has 0 aliphatic carbocycles. The molecule has 1 fully saturated rings. The van der Waals surface area contributed by atoms with Gasteiger partial charge < -0.3 is 24.7 Å². The SMILES string of the molecule is CCCCCCCCCCC1COC(c2ccc(OC(=O)c3cc([N+](=O)[O-])c(OC(C)CCCCCC)cc3N)cc2)OC1. The first-order valence-corrected chi connectivity index (χ1v) is 16.6. The van der Waals surface area contributed by atoms with Gasteiger partial charge in [-0.3, -0.25) is 10.1 Å². The molecule has 2 N–H and O–H groups in total. The van der Waals surface area contributed by atoms with E-state index in [0.717, 1.165) is 50.2 Å². The van der Waals surface area contributed by atoms with Gasteiger partial charge in [-0.2, -0.15) is 0 Å². The van der Waals surface area contributed by atoms with Crippen molar-refractivity contribution >= 4 is 17.3 Å². The molecule has 0 spiro atoms. The van der Waals surface area contributed by atoms with Crippen LogP contribution in [0.2, 0.25) is 0 Å². The third-order valence-corrected chi connectivity index (χ3v) is 8.14. The van der Waals surface area contributed by atoms with Gasteiger partial charge >= 0.3 is 11.7 Å². The Kier molecular flexibility index (Phi) is 15.5. The average molecular weight is 613 g/mol. The first kappa shape index (κ1) is 35.3. The molecule has 2 aromatic rings. The Labute approximate surface area is 262 Å². The molecule has 2 aromatic carbocycles. The lowest BCUT2D eigenvalue weighted by atomic mass is 10.0. The zero-order chi connectivity index (χ0) is 31.7. The first-order chi connectivity index (χ1) is 21.3. The van der Waals surface area contributed by atoms with Crippen LogP contribution in [-0.2, 0) is 9.47 Å². The van der Waals surface area contributed by atoms with Gasteiger partial charge in [-0.25, -0.2) is 4.79 Å². The lowest BCUT2D eigenvalue weighted by Gasteiger charge is -2.29. The zero-order valence-electron chi connectivity index (χ0n) is 26.9. The highest BCUT2D eigenvalue weighted by Gasteiger charge is 2.26. The number of nitrogens with zero attached hydrogens (tertiary/aromatic N) is 1. The van der Waals surface area contributed by atoms with E-state index < -0.39 is 17.2 Å². The van der Waals surface area contributed by atoms with Crippen LogP contribution in [0.3, 0.4) is 0 Å². The number of hydrogen-bond acceptors (Lipinski definition) is 8. The molecule has 0 radical (unpaired) electrons. The molecular formula is C35H52N2O7. The lowest BCUT2D eigenvalue weighted by molar-refractivity contribution is -0.386. The number of anilines is 1. The summed E-state index contributed by atoms with van der Waals surface area (Å²) in [6.45, 7) is 7.58. The molecule has 0 aromatic heterocycles. The van der Waals surface area contributed by atoms with Gasteiger partial charge in [-0.1, -0.05) is 96.6 Å². The standard InChI is InChI=1S/C35H52N2O7/c1-4-6-8-10-11-12-13-15-17-27-24-41-35(42-25-27)28-18-20-29(21-19-28)44-34(38)30-22-32(37(39)40)33(23-31(30)36)43-26(3)16-14-9-7-5-2/h18-23,26-27,35H,4-17,24-25,36H2,1-3H3. The molecule has 1 atom stereocenters. The van der Waals surface area contributed by atoms with E-state index >= 15 is 0 Å². The highest BCUT2D eigenvalue weighted by Crippen LogP contribution is 2.34. The summed E-state index contributed by atoms with van der Waals surface area (Å²) in [4.78, 5) is 24.1. The molecule has 1 aliphatic rings. The number of nitrogen functional groups attached to an aromatic ring is 1. The maximum absolute atomic E-state index is 12.9. The smallest absolute Gasteiger partial charge is 0.345 e. The number of nitrogens with two attached hydrogens (primary N) is 1. The van der Waals surface area contributed by atoms with Gasteiger partial charge in [0, 0.05) is 23.6 Å². The maximum atomic E-state index is 12.9. The van der Waals surface area contributed by atoms with Crippen molar-refractivity contribution in [2.75, 3.05) is 18.9 Å². The van der Waals surface area contributed by atoms with E-state index in [1.807, 2.05) is 6.92 Å². The highest BCUT2D eigenvalue weighted by atomic mass is 16.7. The second kappa shape index (κ2) is 19.3. The summed E-state index contributed by atoms with van der Waals surface area (Å²) in [7, 11) is 0. The fraction of sp³-hybridized carbons (Fsp3) is 0.629. The zero-order valence-corrected chi connectivity index (χ0v) is 26.9. The summed E-state index contributed by atoms with van der Waals surface area (Å²) in [6, 6.07) is 9.33. The van der Waals surface area contributed by atoms with Crippen LogP contribution in [0.15, 0.2) is 36.4 Å². The summed E-state index contributed by atoms with van der Waals surface area (Å²) in [5, 5.41) is 11.8. The molecule has 9 heteroatoms. The molecule has 3 rings (SSSR count). The van der Waals surface area contributed by atoms with Crippen LogP contribution in [0.5, 0.6) is 11.5 Å². The second-order valence-corrected chi connectivity index (χ2v) is 12.0. The highest BCUT2D eigenvalue weighted by molar-refractivity contribution is 5.97. The van der Waals surface area contributed by atoms with Crippen LogP contribution in [-0.4, -0.2) is 30.2 Å². The third kappa shape index (κ3) is 11.7. The molecular weight excluding hydrogens is 560 g/mol. The maximum Gasteiger partial charge on any atom is 0.345 e. The molecule has 244 valence electrons. The number of hydrogen-bond donors (Lipinski definition) is 1. The Bertz CT molecular complexity index is 1150. The van der Waals surface area contributed by atoms with Crippen molar-refractivity contribution in [2.24, 2.45) is 5.92 Å². The molecule has 1 aliphatic heterocycles. The normalized spacial score (nSPS) is 17.2. The van der Waals surface area contributed by atoms with Crippen LogP contribution < -0.4 is 15.2 Å². The summed E-state index contributed by atoms with van der Waals surface area (Å²) in [5.41, 5.74) is 6.59. The van der Waals surface area contributed by atoms with E-state index in [9.17, 15) is 14.9 Å². The lowest BCUT2D eigenvalue weighted by Crippen LogP contribution is -2.27. The molecule has 1 unspecified atom stereocenters.